The first-order valence-electron chi connectivity index (χ1n) is 11.3. The lowest BCUT2D eigenvalue weighted by Crippen LogP contribution is -2.24. The van der Waals surface area contributed by atoms with Gasteiger partial charge in [-0.1, -0.05) is 11.6 Å². The summed E-state index contributed by atoms with van der Waals surface area (Å²) >= 11 is 6.03. The first-order chi connectivity index (χ1) is 17.5. The predicted molar refractivity (Wildman–Crippen MR) is 135 cm³/mol. The SMILES string of the molecule is O=C(NCCCc1ncc[nH]1)c1ccc2nc(-c3ccc(F)cc3)c(-c3ccc(F)c(Cl)c3)nc2c1. The van der Waals surface area contributed by atoms with Gasteiger partial charge in [0, 0.05) is 42.0 Å². The number of halogens is 3. The van der Waals surface area contributed by atoms with Gasteiger partial charge in [-0.15, -0.1) is 0 Å². The van der Waals surface area contributed by atoms with E-state index in [9.17, 15) is 13.6 Å². The molecular weight excluding hydrogens is 484 g/mol. The quantitative estimate of drug-likeness (QED) is 0.268. The Morgan fingerprint density at radius 3 is 2.42 bits per heavy atom. The van der Waals surface area contributed by atoms with Crippen LogP contribution < -0.4 is 5.32 Å². The van der Waals surface area contributed by atoms with Crippen LogP contribution in [0.3, 0.4) is 0 Å². The third-order valence-electron chi connectivity index (χ3n) is 5.67. The van der Waals surface area contributed by atoms with Crippen molar-refractivity contribution in [1.29, 1.82) is 0 Å². The lowest BCUT2D eigenvalue weighted by molar-refractivity contribution is 0.0953. The van der Waals surface area contributed by atoms with Crippen molar-refractivity contribution in [2.45, 2.75) is 12.8 Å². The molecule has 0 saturated carbocycles. The Morgan fingerprint density at radius 2 is 1.67 bits per heavy atom. The molecule has 0 aliphatic carbocycles. The number of nitrogens with one attached hydrogen (secondary N) is 2. The number of aromatic nitrogens is 4. The number of benzene rings is 3. The van der Waals surface area contributed by atoms with Crippen molar-refractivity contribution < 1.29 is 13.6 Å². The van der Waals surface area contributed by atoms with Gasteiger partial charge in [0.15, 0.2) is 0 Å². The molecule has 0 radical (unpaired) electrons. The second-order valence-electron chi connectivity index (χ2n) is 8.16. The third-order valence-corrected chi connectivity index (χ3v) is 5.96. The summed E-state index contributed by atoms with van der Waals surface area (Å²) in [6, 6.07) is 15.2. The number of imidazole rings is 1. The molecule has 2 heterocycles. The second kappa shape index (κ2) is 10.2. The highest BCUT2D eigenvalue weighted by Crippen LogP contribution is 2.33. The molecule has 3 aromatic carbocycles. The van der Waals surface area contributed by atoms with Crippen LogP contribution in [0.5, 0.6) is 0 Å². The van der Waals surface area contributed by atoms with Crippen molar-refractivity contribution >= 4 is 28.5 Å². The molecule has 0 bridgehead atoms. The lowest BCUT2D eigenvalue weighted by Gasteiger charge is -2.12. The average molecular weight is 504 g/mol. The maximum Gasteiger partial charge on any atom is 0.251 e. The van der Waals surface area contributed by atoms with Crippen LogP contribution in [0.1, 0.15) is 22.6 Å². The molecule has 0 spiro atoms. The number of hydrogen-bond donors (Lipinski definition) is 2. The largest absolute Gasteiger partial charge is 0.352 e. The monoisotopic (exact) mass is 503 g/mol. The van der Waals surface area contributed by atoms with Gasteiger partial charge >= 0.3 is 0 Å². The van der Waals surface area contributed by atoms with Gasteiger partial charge in [0.25, 0.3) is 5.91 Å². The fourth-order valence-electron chi connectivity index (χ4n) is 3.84. The fraction of sp³-hybridized carbons (Fsp3) is 0.111. The zero-order chi connectivity index (χ0) is 25.1. The Balaban J connectivity index is 1.47. The van der Waals surface area contributed by atoms with Gasteiger partial charge < -0.3 is 10.3 Å². The molecule has 180 valence electrons. The van der Waals surface area contributed by atoms with Crippen LogP contribution in [0.2, 0.25) is 5.02 Å². The van der Waals surface area contributed by atoms with Crippen molar-refractivity contribution in [3.8, 4) is 22.5 Å². The minimum absolute atomic E-state index is 0.0536. The summed E-state index contributed by atoms with van der Waals surface area (Å²) in [5, 5.41) is 2.85. The van der Waals surface area contributed by atoms with E-state index in [1.165, 1.54) is 24.3 Å². The number of rotatable bonds is 7. The van der Waals surface area contributed by atoms with E-state index in [0.29, 0.717) is 45.7 Å². The minimum atomic E-state index is -0.552. The molecule has 36 heavy (non-hydrogen) atoms. The second-order valence-corrected chi connectivity index (χ2v) is 8.56. The highest BCUT2D eigenvalue weighted by molar-refractivity contribution is 6.31. The average Bonchev–Trinajstić information content (AvgIpc) is 3.41. The number of aromatic amines is 1. The van der Waals surface area contributed by atoms with Crippen LogP contribution in [0.25, 0.3) is 33.5 Å². The smallest absolute Gasteiger partial charge is 0.251 e. The van der Waals surface area contributed by atoms with E-state index < -0.39 is 5.82 Å². The van der Waals surface area contributed by atoms with Gasteiger partial charge in [-0.3, -0.25) is 4.79 Å². The molecule has 5 rings (SSSR count). The minimum Gasteiger partial charge on any atom is -0.352 e. The highest BCUT2D eigenvalue weighted by Gasteiger charge is 2.16. The van der Waals surface area contributed by atoms with E-state index in [1.807, 2.05) is 0 Å². The predicted octanol–water partition coefficient (Wildman–Crippen LogP) is 5.98. The van der Waals surface area contributed by atoms with Crippen LogP contribution >= 0.6 is 11.6 Å². The summed E-state index contributed by atoms with van der Waals surface area (Å²) in [4.78, 5) is 29.4. The van der Waals surface area contributed by atoms with E-state index >= 15 is 0 Å². The zero-order valence-electron chi connectivity index (χ0n) is 18.9. The molecule has 0 unspecified atom stereocenters. The highest BCUT2D eigenvalue weighted by atomic mass is 35.5. The van der Waals surface area contributed by atoms with Crippen LogP contribution in [-0.4, -0.2) is 32.4 Å². The van der Waals surface area contributed by atoms with Gasteiger partial charge in [0.1, 0.15) is 17.5 Å². The summed E-state index contributed by atoms with van der Waals surface area (Å²) in [5.74, 6) is -0.287. The molecule has 0 aliphatic rings. The number of nitrogens with zero attached hydrogens (tertiary/aromatic N) is 3. The number of carbonyl (C=O) groups excluding carboxylic acids is 1. The van der Waals surface area contributed by atoms with E-state index in [1.54, 1.807) is 48.8 Å². The zero-order valence-corrected chi connectivity index (χ0v) is 19.7. The summed E-state index contributed by atoms with van der Waals surface area (Å²) < 4.78 is 27.4. The molecule has 0 aliphatic heterocycles. The standard InChI is InChI=1S/C27H20ClF2N5O/c28-20-14-17(5-9-21(20)30)26-25(16-3-7-19(29)8-4-16)34-22-10-6-18(15-23(22)35-26)27(36)33-11-1-2-24-31-12-13-32-24/h3-10,12-15H,1-2,11H2,(H,31,32)(H,33,36). The molecule has 2 N–H and O–H groups in total. The Bertz CT molecular complexity index is 1540. The van der Waals surface area contributed by atoms with Crippen LogP contribution in [0.15, 0.2) is 73.1 Å². The maximum atomic E-state index is 13.8. The van der Waals surface area contributed by atoms with Gasteiger partial charge in [0.2, 0.25) is 0 Å². The van der Waals surface area contributed by atoms with Gasteiger partial charge in [0.05, 0.1) is 27.4 Å². The number of amides is 1. The van der Waals surface area contributed by atoms with Crippen LogP contribution in [-0.2, 0) is 6.42 Å². The van der Waals surface area contributed by atoms with Crippen molar-refractivity contribution in [2.75, 3.05) is 6.54 Å². The molecule has 5 aromatic rings. The van der Waals surface area contributed by atoms with E-state index in [2.05, 4.69) is 15.3 Å². The number of aryl methyl sites for hydroxylation is 1. The molecule has 6 nitrogen and oxygen atoms in total. The third kappa shape index (κ3) is 5.08. The molecule has 1 amide bonds. The van der Waals surface area contributed by atoms with Gasteiger partial charge in [-0.25, -0.2) is 23.7 Å². The van der Waals surface area contributed by atoms with Crippen LogP contribution in [0, 0.1) is 11.6 Å². The molecule has 9 heteroatoms. The molecule has 0 atom stereocenters. The maximum absolute atomic E-state index is 13.8. The number of carbonyl (C=O) groups is 1. The van der Waals surface area contributed by atoms with Crippen molar-refractivity contribution in [3.63, 3.8) is 0 Å². The normalized spacial score (nSPS) is 11.1. The molecule has 2 aromatic heterocycles. The van der Waals surface area contributed by atoms with Crippen molar-refractivity contribution in [3.05, 3.63) is 101 Å². The van der Waals surface area contributed by atoms with Gasteiger partial charge in [-0.2, -0.15) is 0 Å². The molecule has 0 saturated heterocycles. The summed E-state index contributed by atoms with van der Waals surface area (Å²) in [7, 11) is 0. The van der Waals surface area contributed by atoms with Gasteiger partial charge in [-0.05, 0) is 67.1 Å². The number of fused-ring (bicyclic) bond motifs is 1. The van der Waals surface area contributed by atoms with Crippen molar-refractivity contribution in [1.82, 2.24) is 25.3 Å². The van der Waals surface area contributed by atoms with E-state index in [0.717, 1.165) is 18.7 Å². The molecule has 0 fully saturated rings. The Kier molecular flexibility index (Phi) is 6.69. The fourth-order valence-corrected chi connectivity index (χ4v) is 4.02. The van der Waals surface area contributed by atoms with Crippen molar-refractivity contribution in [2.24, 2.45) is 0 Å². The summed E-state index contributed by atoms with van der Waals surface area (Å²) in [5.41, 5.74) is 3.59. The first-order valence-corrected chi connectivity index (χ1v) is 11.7. The molecular formula is C27H20ClF2N5O. The number of hydrogen-bond acceptors (Lipinski definition) is 4. The number of H-pyrrole nitrogens is 1. The van der Waals surface area contributed by atoms with Crippen LogP contribution in [0.4, 0.5) is 8.78 Å². The lowest BCUT2D eigenvalue weighted by atomic mass is 10.0. The first kappa shape index (κ1) is 23.6. The van der Waals surface area contributed by atoms with E-state index in [4.69, 9.17) is 21.6 Å². The summed E-state index contributed by atoms with van der Waals surface area (Å²) in [6.07, 6.45) is 4.93. The Morgan fingerprint density at radius 1 is 0.917 bits per heavy atom. The Labute approximate surface area is 210 Å². The Hall–Kier alpha value is -4.17. The summed E-state index contributed by atoms with van der Waals surface area (Å²) in [6.45, 7) is 0.492. The van der Waals surface area contributed by atoms with E-state index in [-0.39, 0.29) is 16.7 Å². The topological polar surface area (TPSA) is 83.6 Å².